The van der Waals surface area contributed by atoms with Crippen LogP contribution in [0, 0.1) is 15.9 Å². The van der Waals surface area contributed by atoms with Crippen molar-refractivity contribution in [2.45, 2.75) is 42.2 Å². The van der Waals surface area contributed by atoms with Crippen molar-refractivity contribution in [3.05, 3.63) is 58.1 Å². The minimum Gasteiger partial charge on any atom is -0.395 e. The normalized spacial score (nSPS) is 20.9. The maximum absolute atomic E-state index is 13.1. The minimum atomic E-state index is -3.80. The molecule has 2 aliphatic rings. The van der Waals surface area contributed by atoms with Crippen LogP contribution in [0.3, 0.4) is 0 Å². The molecule has 0 aliphatic carbocycles. The van der Waals surface area contributed by atoms with Gasteiger partial charge >= 0.3 is 5.88 Å². The lowest BCUT2D eigenvalue weighted by Gasteiger charge is -2.46. The second kappa shape index (κ2) is 8.60. The molecule has 10 nitrogen and oxygen atoms in total. The molecule has 1 spiro atoms. The molecule has 4 rings (SSSR count). The van der Waals surface area contributed by atoms with Crippen molar-refractivity contribution in [3.63, 3.8) is 0 Å². The zero-order chi connectivity index (χ0) is 22.9. The number of nitrogens with zero attached hydrogens (tertiary/aromatic N) is 2. The molecule has 1 unspecified atom stereocenters. The predicted molar refractivity (Wildman–Crippen MR) is 109 cm³/mol. The third kappa shape index (κ3) is 4.66. The zero-order valence-corrected chi connectivity index (χ0v) is 17.8. The number of sulfonamides is 1. The van der Waals surface area contributed by atoms with Gasteiger partial charge in [0.2, 0.25) is 10.0 Å². The first-order chi connectivity index (χ1) is 15.2. The molecule has 1 aromatic carbocycles. The number of amides is 1. The number of benzene rings is 1. The summed E-state index contributed by atoms with van der Waals surface area (Å²) in [6, 6.07) is 6.70. The van der Waals surface area contributed by atoms with Crippen molar-refractivity contribution in [2.24, 2.45) is 0 Å². The molecule has 2 aromatic rings. The number of hydrogen-bond donors (Lipinski definition) is 1. The summed E-state index contributed by atoms with van der Waals surface area (Å²) in [6.45, 7) is 1.07. The Balaban J connectivity index is 1.37. The molecule has 1 aromatic heterocycles. The predicted octanol–water partition coefficient (Wildman–Crippen LogP) is 2.46. The van der Waals surface area contributed by atoms with Crippen LogP contribution in [0.15, 0.2) is 45.7 Å². The summed E-state index contributed by atoms with van der Waals surface area (Å²) in [4.78, 5) is 24.2. The number of nitro groups is 1. The Morgan fingerprint density at radius 3 is 2.50 bits per heavy atom. The fraction of sp³-hybridized carbons (Fsp3) is 0.450. The first-order valence-corrected chi connectivity index (χ1v) is 11.6. The first-order valence-electron chi connectivity index (χ1n) is 10.1. The van der Waals surface area contributed by atoms with Crippen LogP contribution in [0.25, 0.3) is 0 Å². The summed E-state index contributed by atoms with van der Waals surface area (Å²) < 4.78 is 52.1. The molecule has 172 valence electrons. The lowest BCUT2D eigenvalue weighted by atomic mass is 9.82. The maximum atomic E-state index is 13.1. The van der Waals surface area contributed by atoms with E-state index in [2.05, 4.69) is 4.72 Å². The van der Waals surface area contributed by atoms with Crippen LogP contribution < -0.4 is 4.72 Å². The Bertz CT molecular complexity index is 1110. The summed E-state index contributed by atoms with van der Waals surface area (Å²) in [5.74, 6) is -1.53. The van der Waals surface area contributed by atoms with Gasteiger partial charge < -0.3 is 14.1 Å². The van der Waals surface area contributed by atoms with E-state index in [1.807, 2.05) is 0 Å². The van der Waals surface area contributed by atoms with Gasteiger partial charge in [0.05, 0.1) is 16.6 Å². The average molecular weight is 467 g/mol. The molecule has 0 bridgehead atoms. The number of halogens is 1. The van der Waals surface area contributed by atoms with E-state index in [-0.39, 0.29) is 16.7 Å². The van der Waals surface area contributed by atoms with Crippen LogP contribution in [-0.2, 0) is 14.8 Å². The van der Waals surface area contributed by atoms with Gasteiger partial charge in [-0.3, -0.25) is 14.9 Å². The zero-order valence-electron chi connectivity index (χ0n) is 17.0. The summed E-state index contributed by atoms with van der Waals surface area (Å²) in [5.41, 5.74) is -0.569. The Labute approximate surface area is 183 Å². The van der Waals surface area contributed by atoms with E-state index in [0.717, 1.165) is 18.2 Å². The second-order valence-electron chi connectivity index (χ2n) is 7.98. The van der Waals surface area contributed by atoms with Gasteiger partial charge in [-0.25, -0.2) is 17.5 Å². The number of carbonyl (C=O) groups is 1. The number of hydrogen-bond acceptors (Lipinski definition) is 7. The van der Waals surface area contributed by atoms with Crippen molar-refractivity contribution >= 4 is 21.8 Å². The van der Waals surface area contributed by atoms with Crippen LogP contribution in [0.2, 0.25) is 0 Å². The topological polar surface area (TPSA) is 132 Å². The molecule has 3 heterocycles. The van der Waals surface area contributed by atoms with E-state index in [9.17, 15) is 27.7 Å². The summed E-state index contributed by atoms with van der Waals surface area (Å²) >= 11 is 0. The molecule has 2 saturated heterocycles. The number of piperidine rings is 1. The van der Waals surface area contributed by atoms with Gasteiger partial charge in [-0.2, -0.15) is 0 Å². The fourth-order valence-corrected chi connectivity index (χ4v) is 5.46. The van der Waals surface area contributed by atoms with E-state index >= 15 is 0 Å². The molecule has 2 aliphatic heterocycles. The van der Waals surface area contributed by atoms with Crippen LogP contribution in [0.4, 0.5) is 10.3 Å². The van der Waals surface area contributed by atoms with Gasteiger partial charge in [-0.15, -0.1) is 0 Å². The summed E-state index contributed by atoms with van der Waals surface area (Å²) in [5, 5.41) is 10.8. The standard InChI is InChI=1S/C20H22FN3O7S/c21-14-1-3-16(4-2-14)32(28,29)22-15-7-12-30-20(13-15)8-10-23(11-9-20)19(25)17-5-6-18(31-17)24(26)27/h1-6,15,22H,7-13H2. The first kappa shape index (κ1) is 22.4. The van der Waals surface area contributed by atoms with Crippen molar-refractivity contribution in [1.29, 1.82) is 0 Å². The highest BCUT2D eigenvalue weighted by molar-refractivity contribution is 7.89. The third-order valence-electron chi connectivity index (χ3n) is 5.88. The molecule has 1 amide bonds. The van der Waals surface area contributed by atoms with Gasteiger partial charge in [0.1, 0.15) is 10.7 Å². The Hall–Kier alpha value is -2.83. The van der Waals surface area contributed by atoms with Crippen LogP contribution in [0.5, 0.6) is 0 Å². The number of carbonyl (C=O) groups excluding carboxylic acids is 1. The molecule has 32 heavy (non-hydrogen) atoms. The van der Waals surface area contributed by atoms with E-state index in [1.54, 1.807) is 4.90 Å². The monoisotopic (exact) mass is 467 g/mol. The highest BCUT2D eigenvalue weighted by atomic mass is 32.2. The van der Waals surface area contributed by atoms with Crippen LogP contribution in [-0.4, -0.2) is 55.5 Å². The molecular weight excluding hydrogens is 445 g/mol. The van der Waals surface area contributed by atoms with Crippen LogP contribution >= 0.6 is 0 Å². The van der Waals surface area contributed by atoms with Gasteiger partial charge in [0.15, 0.2) is 5.76 Å². The Morgan fingerprint density at radius 1 is 1.19 bits per heavy atom. The van der Waals surface area contributed by atoms with Gasteiger partial charge in [0.25, 0.3) is 5.91 Å². The van der Waals surface area contributed by atoms with Crippen molar-refractivity contribution < 1.29 is 31.7 Å². The fourth-order valence-electron chi connectivity index (χ4n) is 4.19. The molecule has 1 N–H and O–H groups in total. The molecular formula is C20H22FN3O7S. The minimum absolute atomic E-state index is 0.00704. The lowest BCUT2D eigenvalue weighted by molar-refractivity contribution is -0.402. The maximum Gasteiger partial charge on any atom is 0.433 e. The molecule has 2 fully saturated rings. The van der Waals surface area contributed by atoms with E-state index in [1.165, 1.54) is 18.2 Å². The molecule has 0 radical (unpaired) electrons. The number of ether oxygens (including phenoxy) is 1. The smallest absolute Gasteiger partial charge is 0.395 e. The quantitative estimate of drug-likeness (QED) is 0.528. The average Bonchev–Trinajstić information content (AvgIpc) is 3.25. The van der Waals surface area contributed by atoms with Crippen molar-refractivity contribution in [2.75, 3.05) is 19.7 Å². The summed E-state index contributed by atoms with van der Waals surface area (Å²) in [6.07, 6.45) is 1.94. The number of rotatable bonds is 5. The van der Waals surface area contributed by atoms with Crippen LogP contribution in [0.1, 0.15) is 36.2 Å². The van der Waals surface area contributed by atoms with Gasteiger partial charge in [0, 0.05) is 25.7 Å². The van der Waals surface area contributed by atoms with E-state index in [4.69, 9.17) is 9.15 Å². The second-order valence-corrected chi connectivity index (χ2v) is 9.70. The molecule has 12 heteroatoms. The number of furan rings is 1. The third-order valence-corrected chi connectivity index (χ3v) is 7.42. The number of likely N-dealkylation sites (tertiary alicyclic amines) is 1. The number of nitrogens with one attached hydrogen (secondary N) is 1. The molecule has 0 saturated carbocycles. The van der Waals surface area contributed by atoms with E-state index in [0.29, 0.717) is 45.4 Å². The summed E-state index contributed by atoms with van der Waals surface area (Å²) in [7, 11) is -3.80. The van der Waals surface area contributed by atoms with E-state index < -0.39 is 38.2 Å². The van der Waals surface area contributed by atoms with Gasteiger partial charge in [-0.1, -0.05) is 0 Å². The van der Waals surface area contributed by atoms with Crippen molar-refractivity contribution in [3.8, 4) is 0 Å². The van der Waals surface area contributed by atoms with Crippen molar-refractivity contribution in [1.82, 2.24) is 9.62 Å². The Morgan fingerprint density at radius 2 is 1.88 bits per heavy atom. The largest absolute Gasteiger partial charge is 0.433 e. The highest BCUT2D eigenvalue weighted by Gasteiger charge is 2.42. The SMILES string of the molecule is O=C(c1ccc([N+](=O)[O-])o1)N1CCC2(CC1)CC(NS(=O)(=O)c1ccc(F)cc1)CCO2. The lowest BCUT2D eigenvalue weighted by Crippen LogP contribution is -2.54. The van der Waals surface area contributed by atoms with Gasteiger partial charge in [-0.05, 0) is 56.0 Å². The highest BCUT2D eigenvalue weighted by Crippen LogP contribution is 2.36. The Kier molecular flexibility index (Phi) is 6.01. The molecule has 1 atom stereocenters.